The van der Waals surface area contributed by atoms with Gasteiger partial charge in [-0.25, -0.2) is 4.39 Å². The van der Waals surface area contributed by atoms with E-state index in [0.717, 1.165) is 24.0 Å². The Morgan fingerprint density at radius 1 is 1.14 bits per heavy atom. The molecule has 3 aromatic rings. The second kappa shape index (κ2) is 6.81. The van der Waals surface area contributed by atoms with Gasteiger partial charge in [0.15, 0.2) is 5.43 Å². The van der Waals surface area contributed by atoms with E-state index in [1.807, 2.05) is 31.2 Å². The summed E-state index contributed by atoms with van der Waals surface area (Å²) in [6.45, 7) is 3.03. The van der Waals surface area contributed by atoms with E-state index in [9.17, 15) is 14.0 Å². The van der Waals surface area contributed by atoms with Crippen molar-refractivity contribution in [1.29, 1.82) is 0 Å². The van der Waals surface area contributed by atoms with Gasteiger partial charge in [0.2, 0.25) is 5.76 Å². The van der Waals surface area contributed by atoms with Crippen molar-refractivity contribution in [1.82, 2.24) is 4.90 Å². The summed E-state index contributed by atoms with van der Waals surface area (Å²) in [5.74, 6) is -0.806. The standard InChI is InChI=1S/C23H20FNO4/c1-13-4-6-14(7-5-13)20-19-21(26)17-11-15(24)8-9-18(17)29-22(19)23(27)25(20)12-16-3-2-10-28-16/h4-9,11,16,20H,2-3,10,12H2,1H3/t16-,20-/m1/s1. The Morgan fingerprint density at radius 2 is 1.93 bits per heavy atom. The Bertz CT molecular complexity index is 1160. The molecule has 1 aromatic heterocycles. The van der Waals surface area contributed by atoms with Crippen LogP contribution in [0.5, 0.6) is 0 Å². The lowest BCUT2D eigenvalue weighted by atomic mass is 9.97. The zero-order chi connectivity index (χ0) is 20.1. The number of carbonyl (C=O) groups excluding carboxylic acids is 1. The molecule has 0 spiro atoms. The molecule has 1 amide bonds. The Balaban J connectivity index is 1.71. The number of halogens is 1. The minimum atomic E-state index is -0.578. The van der Waals surface area contributed by atoms with Crippen LogP contribution in [0.15, 0.2) is 51.7 Å². The Hall–Kier alpha value is -2.99. The van der Waals surface area contributed by atoms with Crippen LogP contribution < -0.4 is 5.43 Å². The molecule has 29 heavy (non-hydrogen) atoms. The number of benzene rings is 2. The SMILES string of the molecule is Cc1ccc([C@@H]2c3c(oc4ccc(F)cc4c3=O)C(=O)N2C[C@H]2CCCO2)cc1. The van der Waals surface area contributed by atoms with E-state index < -0.39 is 11.9 Å². The molecular formula is C23H20FNO4. The van der Waals surface area contributed by atoms with E-state index in [1.165, 1.54) is 18.2 Å². The minimum absolute atomic E-state index is 0.0395. The molecule has 1 fully saturated rings. The number of nitrogens with zero attached hydrogens (tertiary/aromatic N) is 1. The van der Waals surface area contributed by atoms with Crippen molar-refractivity contribution >= 4 is 16.9 Å². The summed E-state index contributed by atoms with van der Waals surface area (Å²) in [4.78, 5) is 28.2. The molecule has 2 aliphatic heterocycles. The molecule has 148 valence electrons. The predicted octanol–water partition coefficient (Wildman–Crippen LogP) is 3.96. The second-order valence-electron chi connectivity index (χ2n) is 7.72. The summed E-state index contributed by atoms with van der Waals surface area (Å²) in [6, 6.07) is 10.9. The summed E-state index contributed by atoms with van der Waals surface area (Å²) >= 11 is 0. The van der Waals surface area contributed by atoms with Crippen LogP contribution in [0.3, 0.4) is 0 Å². The number of ether oxygens (including phenoxy) is 1. The lowest BCUT2D eigenvalue weighted by Crippen LogP contribution is -2.36. The third-order valence-electron chi connectivity index (χ3n) is 5.75. The van der Waals surface area contributed by atoms with E-state index in [1.54, 1.807) is 4.90 Å². The van der Waals surface area contributed by atoms with Gasteiger partial charge >= 0.3 is 0 Å². The van der Waals surface area contributed by atoms with Crippen LogP contribution in [0, 0.1) is 12.7 Å². The van der Waals surface area contributed by atoms with Gasteiger partial charge < -0.3 is 14.1 Å². The van der Waals surface area contributed by atoms with Crippen molar-refractivity contribution in [2.45, 2.75) is 31.9 Å². The highest BCUT2D eigenvalue weighted by Gasteiger charge is 2.43. The van der Waals surface area contributed by atoms with Gasteiger partial charge in [-0.15, -0.1) is 0 Å². The van der Waals surface area contributed by atoms with Crippen LogP contribution in [0.4, 0.5) is 4.39 Å². The van der Waals surface area contributed by atoms with Crippen LogP contribution in [0.1, 0.15) is 46.1 Å². The molecule has 5 rings (SSSR count). The summed E-state index contributed by atoms with van der Waals surface area (Å²) in [6.07, 6.45) is 1.76. The van der Waals surface area contributed by atoms with Gasteiger partial charge in [-0.3, -0.25) is 9.59 Å². The summed E-state index contributed by atoms with van der Waals surface area (Å²) in [7, 11) is 0. The normalized spacial score (nSPS) is 21.2. The molecule has 2 aliphatic rings. The molecule has 0 unspecified atom stereocenters. The lowest BCUT2D eigenvalue weighted by Gasteiger charge is -2.27. The van der Waals surface area contributed by atoms with Crippen LogP contribution in [-0.4, -0.2) is 30.1 Å². The Kier molecular flexibility index (Phi) is 4.24. The zero-order valence-electron chi connectivity index (χ0n) is 16.0. The van der Waals surface area contributed by atoms with Gasteiger partial charge in [0, 0.05) is 13.2 Å². The third-order valence-corrected chi connectivity index (χ3v) is 5.75. The molecular weight excluding hydrogens is 373 g/mol. The maximum atomic E-state index is 13.8. The quantitative estimate of drug-likeness (QED) is 0.676. The van der Waals surface area contributed by atoms with Crippen molar-refractivity contribution in [2.75, 3.05) is 13.2 Å². The Labute approximate surface area is 166 Å². The van der Waals surface area contributed by atoms with Gasteiger partial charge in [0.1, 0.15) is 11.4 Å². The van der Waals surface area contributed by atoms with Crippen molar-refractivity contribution in [3.63, 3.8) is 0 Å². The Morgan fingerprint density at radius 3 is 2.66 bits per heavy atom. The summed E-state index contributed by atoms with van der Waals surface area (Å²) in [5.41, 5.74) is 2.02. The van der Waals surface area contributed by atoms with Crippen LogP contribution >= 0.6 is 0 Å². The maximum Gasteiger partial charge on any atom is 0.291 e. The van der Waals surface area contributed by atoms with E-state index in [0.29, 0.717) is 13.2 Å². The molecule has 5 nitrogen and oxygen atoms in total. The van der Waals surface area contributed by atoms with Gasteiger partial charge in [-0.2, -0.15) is 0 Å². The topological polar surface area (TPSA) is 59.8 Å². The number of carbonyl (C=O) groups is 1. The van der Waals surface area contributed by atoms with Gasteiger partial charge in [-0.1, -0.05) is 29.8 Å². The number of hydrogen-bond acceptors (Lipinski definition) is 4. The molecule has 1 saturated heterocycles. The van der Waals surface area contributed by atoms with Crippen molar-refractivity contribution < 1.29 is 18.3 Å². The largest absolute Gasteiger partial charge is 0.450 e. The van der Waals surface area contributed by atoms with Crippen molar-refractivity contribution in [3.8, 4) is 0 Å². The van der Waals surface area contributed by atoms with E-state index in [-0.39, 0.29) is 39.7 Å². The molecule has 2 aromatic carbocycles. The van der Waals surface area contributed by atoms with E-state index in [4.69, 9.17) is 9.15 Å². The number of fused-ring (bicyclic) bond motifs is 2. The molecule has 3 heterocycles. The number of aryl methyl sites for hydroxylation is 1. The average molecular weight is 393 g/mol. The molecule has 6 heteroatoms. The molecule has 0 N–H and O–H groups in total. The zero-order valence-corrected chi connectivity index (χ0v) is 16.0. The second-order valence-corrected chi connectivity index (χ2v) is 7.72. The lowest BCUT2D eigenvalue weighted by molar-refractivity contribution is 0.0486. The van der Waals surface area contributed by atoms with E-state index >= 15 is 0 Å². The molecule has 0 aliphatic carbocycles. The predicted molar refractivity (Wildman–Crippen MR) is 105 cm³/mol. The molecule has 0 bridgehead atoms. The highest BCUT2D eigenvalue weighted by Crippen LogP contribution is 2.39. The first-order valence-electron chi connectivity index (χ1n) is 9.78. The average Bonchev–Trinajstić information content (AvgIpc) is 3.32. The first-order chi connectivity index (χ1) is 14.0. The maximum absolute atomic E-state index is 13.8. The van der Waals surface area contributed by atoms with Crippen LogP contribution in [0.2, 0.25) is 0 Å². The van der Waals surface area contributed by atoms with Gasteiger partial charge in [0.25, 0.3) is 5.91 Å². The van der Waals surface area contributed by atoms with Crippen molar-refractivity contribution in [2.24, 2.45) is 0 Å². The summed E-state index contributed by atoms with van der Waals surface area (Å²) < 4.78 is 25.3. The number of rotatable bonds is 3. The minimum Gasteiger partial charge on any atom is -0.450 e. The third kappa shape index (κ3) is 2.95. The first-order valence-corrected chi connectivity index (χ1v) is 9.78. The highest BCUT2D eigenvalue weighted by molar-refractivity contribution is 5.99. The molecule has 0 saturated carbocycles. The fraction of sp³-hybridized carbons (Fsp3) is 0.304. The number of amides is 1. The van der Waals surface area contributed by atoms with Crippen LogP contribution in [-0.2, 0) is 4.74 Å². The molecule has 2 atom stereocenters. The fourth-order valence-electron chi connectivity index (χ4n) is 4.28. The van der Waals surface area contributed by atoms with Gasteiger partial charge in [-0.05, 0) is 43.5 Å². The van der Waals surface area contributed by atoms with Crippen molar-refractivity contribution in [3.05, 3.63) is 81.0 Å². The monoisotopic (exact) mass is 393 g/mol. The molecule has 0 radical (unpaired) electrons. The first kappa shape index (κ1) is 18.1. The fourth-order valence-corrected chi connectivity index (χ4v) is 4.28. The van der Waals surface area contributed by atoms with Crippen LogP contribution in [0.25, 0.3) is 11.0 Å². The highest BCUT2D eigenvalue weighted by atomic mass is 19.1. The van der Waals surface area contributed by atoms with Gasteiger partial charge in [0.05, 0.1) is 23.1 Å². The summed E-state index contributed by atoms with van der Waals surface area (Å²) in [5, 5.41) is 0.146. The van der Waals surface area contributed by atoms with E-state index in [2.05, 4.69) is 0 Å². The number of hydrogen-bond donors (Lipinski definition) is 0. The smallest absolute Gasteiger partial charge is 0.291 e.